The van der Waals surface area contributed by atoms with E-state index >= 15 is 0 Å². The highest BCUT2D eigenvalue weighted by Gasteiger charge is 2.15. The number of hydrogen-bond donors (Lipinski definition) is 0. The van der Waals surface area contributed by atoms with Crippen molar-refractivity contribution in [2.45, 2.75) is 13.8 Å². The summed E-state index contributed by atoms with van der Waals surface area (Å²) in [5, 5.41) is 0.277. The molecule has 6 heteroatoms. The van der Waals surface area contributed by atoms with E-state index in [9.17, 15) is 4.79 Å². The molecule has 1 aromatic heterocycles. The van der Waals surface area contributed by atoms with Gasteiger partial charge in [-0.1, -0.05) is 11.6 Å². The van der Waals surface area contributed by atoms with E-state index in [4.69, 9.17) is 16.3 Å². The number of halogens is 1. The normalized spacial score (nSPS) is 10.3. The molecule has 0 aliphatic carbocycles. The number of rotatable bonds is 6. The van der Waals surface area contributed by atoms with Gasteiger partial charge >= 0.3 is 0 Å². The van der Waals surface area contributed by atoms with Crippen molar-refractivity contribution in [1.29, 1.82) is 0 Å². The summed E-state index contributed by atoms with van der Waals surface area (Å²) in [5.74, 6) is -0.156. The molecule has 0 aliphatic heterocycles. The van der Waals surface area contributed by atoms with Crippen LogP contribution in [0.3, 0.4) is 0 Å². The van der Waals surface area contributed by atoms with Gasteiger partial charge in [0.2, 0.25) is 0 Å². The van der Waals surface area contributed by atoms with Gasteiger partial charge in [0.15, 0.2) is 0 Å². The van der Waals surface area contributed by atoms with Crippen molar-refractivity contribution in [3.63, 3.8) is 0 Å². The number of carbonyl (C=O) groups excluding carboxylic acids is 1. The molecule has 0 fully saturated rings. The van der Waals surface area contributed by atoms with Crippen LogP contribution in [0.4, 0.5) is 0 Å². The molecule has 0 saturated carbocycles. The summed E-state index contributed by atoms with van der Waals surface area (Å²) >= 11 is 5.61. The molecule has 0 saturated heterocycles. The minimum absolute atomic E-state index is 0.156. The van der Waals surface area contributed by atoms with Crippen molar-refractivity contribution >= 4 is 17.5 Å². The van der Waals surface area contributed by atoms with Crippen LogP contribution in [-0.2, 0) is 4.74 Å². The number of ether oxygens (including phenoxy) is 1. The fourth-order valence-corrected chi connectivity index (χ4v) is 1.40. The molecule has 0 N–H and O–H groups in total. The van der Waals surface area contributed by atoms with Gasteiger partial charge in [0, 0.05) is 19.7 Å². The maximum absolute atomic E-state index is 12.0. The molecular formula is C11H16ClN3O2. The van der Waals surface area contributed by atoms with Gasteiger partial charge in [-0.2, -0.15) is 0 Å². The molecule has 0 bridgehead atoms. The molecule has 0 atom stereocenters. The van der Waals surface area contributed by atoms with Crippen LogP contribution in [0.1, 0.15) is 24.3 Å². The predicted molar refractivity (Wildman–Crippen MR) is 65.1 cm³/mol. The average Bonchev–Trinajstić information content (AvgIpc) is 2.35. The Kier molecular flexibility index (Phi) is 5.86. The zero-order valence-corrected chi connectivity index (χ0v) is 10.8. The summed E-state index contributed by atoms with van der Waals surface area (Å²) in [6.07, 6.45) is 2.75. The first kappa shape index (κ1) is 13.9. The van der Waals surface area contributed by atoms with E-state index in [2.05, 4.69) is 9.97 Å². The molecule has 0 aliphatic rings. The Labute approximate surface area is 106 Å². The average molecular weight is 258 g/mol. The van der Waals surface area contributed by atoms with E-state index in [0.717, 1.165) is 0 Å². The molecular weight excluding hydrogens is 242 g/mol. The molecule has 0 radical (unpaired) electrons. The number of aromatic nitrogens is 2. The third-order valence-electron chi connectivity index (χ3n) is 2.22. The number of likely N-dealkylation sites (N-methyl/N-ethyl adjacent to an activating group) is 1. The smallest absolute Gasteiger partial charge is 0.274 e. The lowest BCUT2D eigenvalue weighted by Gasteiger charge is -2.19. The summed E-state index contributed by atoms with van der Waals surface area (Å²) in [4.78, 5) is 21.5. The van der Waals surface area contributed by atoms with Crippen molar-refractivity contribution in [1.82, 2.24) is 14.9 Å². The summed E-state index contributed by atoms with van der Waals surface area (Å²) < 4.78 is 5.22. The molecule has 1 rings (SSSR count). The minimum Gasteiger partial charge on any atom is -0.380 e. The van der Waals surface area contributed by atoms with E-state index in [1.54, 1.807) is 4.90 Å². The third kappa shape index (κ3) is 4.28. The van der Waals surface area contributed by atoms with Crippen molar-refractivity contribution in [2.75, 3.05) is 26.3 Å². The van der Waals surface area contributed by atoms with Gasteiger partial charge < -0.3 is 9.64 Å². The number of carbonyl (C=O) groups is 1. The van der Waals surface area contributed by atoms with Crippen LogP contribution in [0.15, 0.2) is 12.4 Å². The highest BCUT2D eigenvalue weighted by atomic mass is 35.5. The maximum atomic E-state index is 12.0. The largest absolute Gasteiger partial charge is 0.380 e. The van der Waals surface area contributed by atoms with Crippen LogP contribution in [0.5, 0.6) is 0 Å². The second-order valence-corrected chi connectivity index (χ2v) is 3.69. The van der Waals surface area contributed by atoms with Gasteiger partial charge in [-0.3, -0.25) is 4.79 Å². The van der Waals surface area contributed by atoms with Crippen molar-refractivity contribution in [2.24, 2.45) is 0 Å². The Hall–Kier alpha value is -1.20. The van der Waals surface area contributed by atoms with Crippen LogP contribution in [0, 0.1) is 0 Å². The van der Waals surface area contributed by atoms with E-state index in [-0.39, 0.29) is 11.1 Å². The summed E-state index contributed by atoms with van der Waals surface area (Å²) in [5.41, 5.74) is 0.299. The Balaban J connectivity index is 2.62. The molecule has 94 valence electrons. The van der Waals surface area contributed by atoms with E-state index in [0.29, 0.717) is 32.0 Å². The Morgan fingerprint density at radius 3 is 2.71 bits per heavy atom. The second kappa shape index (κ2) is 7.19. The third-order valence-corrected chi connectivity index (χ3v) is 2.41. The summed E-state index contributed by atoms with van der Waals surface area (Å²) in [6, 6.07) is 0. The molecule has 1 aromatic rings. The molecule has 1 heterocycles. The first-order valence-corrected chi connectivity index (χ1v) is 5.91. The zero-order valence-electron chi connectivity index (χ0n) is 10.0. The lowest BCUT2D eigenvalue weighted by Crippen LogP contribution is -2.34. The van der Waals surface area contributed by atoms with Gasteiger partial charge in [0.1, 0.15) is 10.8 Å². The molecule has 1 amide bonds. The van der Waals surface area contributed by atoms with E-state index < -0.39 is 0 Å². The number of amides is 1. The van der Waals surface area contributed by atoms with Crippen molar-refractivity contribution in [3.05, 3.63) is 23.2 Å². The molecule has 0 unspecified atom stereocenters. The Bertz CT molecular complexity index is 356. The van der Waals surface area contributed by atoms with Gasteiger partial charge in [0.05, 0.1) is 19.0 Å². The lowest BCUT2D eigenvalue weighted by atomic mass is 10.3. The number of hydrogen-bond acceptors (Lipinski definition) is 4. The lowest BCUT2D eigenvalue weighted by molar-refractivity contribution is 0.0663. The first-order chi connectivity index (χ1) is 8.19. The second-order valence-electron chi connectivity index (χ2n) is 3.31. The summed E-state index contributed by atoms with van der Waals surface area (Å²) in [6.45, 7) is 6.16. The number of nitrogens with zero attached hydrogens (tertiary/aromatic N) is 3. The topological polar surface area (TPSA) is 55.3 Å². The van der Waals surface area contributed by atoms with Gasteiger partial charge in [-0.25, -0.2) is 9.97 Å². The summed E-state index contributed by atoms with van der Waals surface area (Å²) in [7, 11) is 0. The van der Waals surface area contributed by atoms with E-state index in [1.807, 2.05) is 13.8 Å². The van der Waals surface area contributed by atoms with Crippen molar-refractivity contribution in [3.8, 4) is 0 Å². The van der Waals surface area contributed by atoms with E-state index in [1.165, 1.54) is 12.4 Å². The highest BCUT2D eigenvalue weighted by molar-refractivity contribution is 6.29. The molecule has 5 nitrogen and oxygen atoms in total. The molecule has 17 heavy (non-hydrogen) atoms. The van der Waals surface area contributed by atoms with Crippen LogP contribution >= 0.6 is 11.6 Å². The van der Waals surface area contributed by atoms with Gasteiger partial charge in [-0.05, 0) is 13.8 Å². The molecule has 0 aromatic carbocycles. The van der Waals surface area contributed by atoms with Gasteiger partial charge in [-0.15, -0.1) is 0 Å². The SMILES string of the molecule is CCOCCN(CC)C(=O)c1cnc(Cl)cn1. The zero-order chi connectivity index (χ0) is 12.7. The maximum Gasteiger partial charge on any atom is 0.274 e. The minimum atomic E-state index is -0.156. The Morgan fingerprint density at radius 2 is 2.18 bits per heavy atom. The van der Waals surface area contributed by atoms with Crippen LogP contribution in [0.2, 0.25) is 5.15 Å². The van der Waals surface area contributed by atoms with Crippen molar-refractivity contribution < 1.29 is 9.53 Å². The Morgan fingerprint density at radius 1 is 1.41 bits per heavy atom. The van der Waals surface area contributed by atoms with Crippen LogP contribution in [0.25, 0.3) is 0 Å². The fraction of sp³-hybridized carbons (Fsp3) is 0.545. The highest BCUT2D eigenvalue weighted by Crippen LogP contribution is 2.04. The van der Waals surface area contributed by atoms with Crippen LogP contribution < -0.4 is 0 Å². The van der Waals surface area contributed by atoms with Gasteiger partial charge in [0.25, 0.3) is 5.91 Å². The monoisotopic (exact) mass is 257 g/mol. The quantitative estimate of drug-likeness (QED) is 0.727. The first-order valence-electron chi connectivity index (χ1n) is 5.53. The standard InChI is InChI=1S/C11H16ClN3O2/c1-3-15(5-6-17-4-2)11(16)9-7-14-10(12)8-13-9/h7-8H,3-6H2,1-2H3. The van der Waals surface area contributed by atoms with Crippen LogP contribution in [-0.4, -0.2) is 47.1 Å². The molecule has 0 spiro atoms. The predicted octanol–water partition coefficient (Wildman–Crippen LogP) is 1.63. The fourth-order valence-electron chi connectivity index (χ4n) is 1.31.